The van der Waals surface area contributed by atoms with E-state index in [1.54, 1.807) is 18.3 Å². The Balaban J connectivity index is 0.00000144. The quantitative estimate of drug-likeness (QED) is 0.901. The first-order valence-corrected chi connectivity index (χ1v) is 7.09. The summed E-state index contributed by atoms with van der Waals surface area (Å²) in [5, 5.41) is 3.38. The van der Waals surface area contributed by atoms with E-state index < -0.39 is 9.84 Å². The summed E-state index contributed by atoms with van der Waals surface area (Å²) < 4.78 is 24.1. The lowest BCUT2D eigenvalue weighted by Gasteiger charge is -2.08. The first-order chi connectivity index (χ1) is 7.58. The number of hydrogen-bond acceptors (Lipinski definition) is 4. The Morgan fingerprint density at radius 2 is 2.29 bits per heavy atom. The number of hydrogen-bond donors (Lipinski definition) is 1. The summed E-state index contributed by atoms with van der Waals surface area (Å²) in [5.74, 6) is 0.434. The van der Waals surface area contributed by atoms with Crippen LogP contribution in [0.25, 0.3) is 0 Å². The van der Waals surface area contributed by atoms with Gasteiger partial charge in [-0.2, -0.15) is 0 Å². The lowest BCUT2D eigenvalue weighted by molar-refractivity contribution is 0.567. The fourth-order valence-corrected chi connectivity index (χ4v) is 3.59. The Hall–Kier alpha value is -0.650. The molecule has 6 heteroatoms. The highest BCUT2D eigenvalue weighted by Crippen LogP contribution is 2.16. The van der Waals surface area contributed by atoms with E-state index in [0.29, 0.717) is 0 Å². The van der Waals surface area contributed by atoms with E-state index in [1.807, 2.05) is 6.92 Å². The Morgan fingerprint density at radius 1 is 1.53 bits per heavy atom. The molecule has 1 aromatic heterocycles. The van der Waals surface area contributed by atoms with Crippen molar-refractivity contribution < 1.29 is 8.42 Å². The summed E-state index contributed by atoms with van der Waals surface area (Å²) >= 11 is 0. The zero-order chi connectivity index (χ0) is 11.6. The number of nitrogens with one attached hydrogen (secondary N) is 1. The Labute approximate surface area is 108 Å². The fraction of sp³-hybridized carbons (Fsp3) is 0.545. The maximum atomic E-state index is 12.1. The van der Waals surface area contributed by atoms with Gasteiger partial charge in [-0.15, -0.1) is 12.4 Å². The largest absolute Gasteiger partial charge is 0.316 e. The van der Waals surface area contributed by atoms with Crippen LogP contribution >= 0.6 is 12.4 Å². The molecule has 0 bridgehead atoms. The minimum Gasteiger partial charge on any atom is -0.316 e. The molecule has 1 fully saturated rings. The topological polar surface area (TPSA) is 59.1 Å². The number of aromatic nitrogens is 1. The molecule has 1 N–H and O–H groups in total. The van der Waals surface area contributed by atoms with Crippen LogP contribution in [0.1, 0.15) is 12.0 Å². The zero-order valence-electron chi connectivity index (χ0n) is 9.72. The van der Waals surface area contributed by atoms with Crippen molar-refractivity contribution in [3.63, 3.8) is 0 Å². The first kappa shape index (κ1) is 14.4. The molecule has 2 rings (SSSR count). The second-order valence-corrected chi connectivity index (χ2v) is 6.29. The SMILES string of the molecule is Cc1ccnc(S(=O)(=O)CC2CCNC2)c1.Cl. The van der Waals surface area contributed by atoms with Crippen LogP contribution in [0.2, 0.25) is 0 Å². The first-order valence-electron chi connectivity index (χ1n) is 5.44. The Kier molecular flexibility index (Phi) is 4.91. The van der Waals surface area contributed by atoms with E-state index in [9.17, 15) is 8.42 Å². The van der Waals surface area contributed by atoms with Gasteiger partial charge in [-0.25, -0.2) is 13.4 Å². The average molecular weight is 277 g/mol. The minimum atomic E-state index is -3.22. The molecule has 1 aliphatic rings. The van der Waals surface area contributed by atoms with Gasteiger partial charge < -0.3 is 5.32 Å². The van der Waals surface area contributed by atoms with Gasteiger partial charge in [0.25, 0.3) is 0 Å². The van der Waals surface area contributed by atoms with Gasteiger partial charge in [-0.05, 0) is 50.0 Å². The number of halogens is 1. The van der Waals surface area contributed by atoms with Crippen LogP contribution in [-0.4, -0.2) is 32.2 Å². The molecule has 0 aliphatic carbocycles. The third-order valence-electron chi connectivity index (χ3n) is 2.83. The number of nitrogens with zero attached hydrogens (tertiary/aromatic N) is 1. The van der Waals surface area contributed by atoms with Crippen molar-refractivity contribution in [1.82, 2.24) is 10.3 Å². The monoisotopic (exact) mass is 276 g/mol. The van der Waals surface area contributed by atoms with Gasteiger partial charge >= 0.3 is 0 Å². The predicted molar refractivity (Wildman–Crippen MR) is 69.3 cm³/mol. The smallest absolute Gasteiger partial charge is 0.195 e. The van der Waals surface area contributed by atoms with E-state index >= 15 is 0 Å². The summed E-state index contributed by atoms with van der Waals surface area (Å²) in [7, 11) is -3.22. The molecule has 0 spiro atoms. The van der Waals surface area contributed by atoms with Crippen molar-refractivity contribution >= 4 is 22.2 Å². The molecule has 1 unspecified atom stereocenters. The molecule has 0 amide bonds. The molecule has 1 atom stereocenters. The molecule has 1 aliphatic heterocycles. The molecule has 0 saturated carbocycles. The van der Waals surface area contributed by atoms with Crippen molar-refractivity contribution in [2.45, 2.75) is 18.4 Å². The third kappa shape index (κ3) is 3.66. The van der Waals surface area contributed by atoms with Gasteiger partial charge in [0.15, 0.2) is 14.9 Å². The second kappa shape index (κ2) is 5.80. The molecular formula is C11H17ClN2O2S. The summed E-state index contributed by atoms with van der Waals surface area (Å²) in [4.78, 5) is 3.94. The molecule has 1 saturated heterocycles. The molecule has 0 radical (unpaired) electrons. The van der Waals surface area contributed by atoms with Gasteiger partial charge in [0, 0.05) is 6.20 Å². The standard InChI is InChI=1S/C11H16N2O2S.ClH/c1-9-2-5-13-11(6-9)16(14,15)8-10-3-4-12-7-10;/h2,5-6,10,12H,3-4,7-8H2,1H3;1H. The van der Waals surface area contributed by atoms with Crippen LogP contribution in [0.15, 0.2) is 23.4 Å². The van der Waals surface area contributed by atoms with Crippen LogP contribution in [0.3, 0.4) is 0 Å². The normalized spacial score (nSPS) is 19.9. The zero-order valence-corrected chi connectivity index (χ0v) is 11.4. The molecule has 1 aromatic rings. The number of rotatable bonds is 3. The van der Waals surface area contributed by atoms with E-state index in [4.69, 9.17) is 0 Å². The minimum absolute atomic E-state index is 0. The highest BCUT2D eigenvalue weighted by Gasteiger charge is 2.24. The fourth-order valence-electron chi connectivity index (χ4n) is 1.93. The van der Waals surface area contributed by atoms with Gasteiger partial charge in [0.05, 0.1) is 5.75 Å². The number of sulfone groups is 1. The van der Waals surface area contributed by atoms with Crippen molar-refractivity contribution in [2.24, 2.45) is 5.92 Å². The van der Waals surface area contributed by atoms with Crippen molar-refractivity contribution in [2.75, 3.05) is 18.8 Å². The average Bonchev–Trinajstić information content (AvgIpc) is 2.70. The maximum absolute atomic E-state index is 12.1. The van der Waals surface area contributed by atoms with Crippen LogP contribution in [0.5, 0.6) is 0 Å². The Bertz CT molecular complexity index is 470. The lowest BCUT2D eigenvalue weighted by atomic mass is 10.2. The van der Waals surface area contributed by atoms with Crippen molar-refractivity contribution in [3.8, 4) is 0 Å². The Morgan fingerprint density at radius 3 is 2.88 bits per heavy atom. The van der Waals surface area contributed by atoms with E-state index in [2.05, 4.69) is 10.3 Å². The number of aryl methyl sites for hydroxylation is 1. The van der Waals surface area contributed by atoms with Crippen LogP contribution in [0.4, 0.5) is 0 Å². The van der Waals surface area contributed by atoms with Crippen molar-refractivity contribution in [1.29, 1.82) is 0 Å². The lowest BCUT2D eigenvalue weighted by Crippen LogP contribution is -2.19. The van der Waals surface area contributed by atoms with Gasteiger partial charge in [0.2, 0.25) is 0 Å². The van der Waals surface area contributed by atoms with Gasteiger partial charge in [-0.3, -0.25) is 0 Å². The molecule has 4 nitrogen and oxygen atoms in total. The van der Waals surface area contributed by atoms with E-state index in [0.717, 1.165) is 25.1 Å². The predicted octanol–water partition coefficient (Wildman–Crippen LogP) is 1.20. The molecule has 2 heterocycles. The number of pyridine rings is 1. The highest BCUT2D eigenvalue weighted by atomic mass is 35.5. The molecule has 17 heavy (non-hydrogen) atoms. The summed E-state index contributed by atoms with van der Waals surface area (Å²) in [6, 6.07) is 3.44. The third-order valence-corrected chi connectivity index (χ3v) is 4.60. The van der Waals surface area contributed by atoms with E-state index in [1.165, 1.54) is 0 Å². The summed E-state index contributed by atoms with van der Waals surface area (Å²) in [6.45, 7) is 3.59. The maximum Gasteiger partial charge on any atom is 0.195 e. The highest BCUT2D eigenvalue weighted by molar-refractivity contribution is 7.91. The molecular weight excluding hydrogens is 260 g/mol. The second-order valence-electron chi connectivity index (χ2n) is 4.31. The molecule has 96 valence electrons. The summed E-state index contributed by atoms with van der Waals surface area (Å²) in [5.41, 5.74) is 0.929. The van der Waals surface area contributed by atoms with Gasteiger partial charge in [-0.1, -0.05) is 0 Å². The van der Waals surface area contributed by atoms with Crippen LogP contribution in [0, 0.1) is 12.8 Å². The van der Waals surface area contributed by atoms with Crippen LogP contribution < -0.4 is 5.32 Å². The van der Waals surface area contributed by atoms with Crippen molar-refractivity contribution in [3.05, 3.63) is 23.9 Å². The van der Waals surface area contributed by atoms with E-state index in [-0.39, 0.29) is 29.1 Å². The van der Waals surface area contributed by atoms with Crippen LogP contribution in [-0.2, 0) is 9.84 Å². The van der Waals surface area contributed by atoms with Gasteiger partial charge in [0.1, 0.15) is 0 Å². The molecule has 0 aromatic carbocycles. The summed E-state index contributed by atoms with van der Waals surface area (Å²) in [6.07, 6.45) is 2.49.